The Balaban J connectivity index is 1.73. The second-order valence-corrected chi connectivity index (χ2v) is 6.11. The molecule has 0 bridgehead atoms. The number of halogens is 1. The number of fused-ring (bicyclic) bond motifs is 1. The van der Waals surface area contributed by atoms with Crippen molar-refractivity contribution in [3.63, 3.8) is 0 Å². The highest BCUT2D eigenvalue weighted by atomic mass is 19.1. The van der Waals surface area contributed by atoms with Crippen LogP contribution in [0.25, 0.3) is 10.9 Å². The molecule has 7 heteroatoms. The summed E-state index contributed by atoms with van der Waals surface area (Å²) in [6, 6.07) is 10.8. The lowest BCUT2D eigenvalue weighted by Gasteiger charge is -2.10. The molecular weight excluding hydrogens is 351 g/mol. The van der Waals surface area contributed by atoms with E-state index >= 15 is 0 Å². The van der Waals surface area contributed by atoms with Crippen molar-refractivity contribution in [2.75, 3.05) is 12.4 Å². The number of carbonyl (C=O) groups is 2. The molecule has 0 fully saturated rings. The standard InChI is InChI=1S/C20H19FN2O4/c1-27-18(24)7-3-5-12-4-2-6-16(19(12)25)23-20(26)17-11-13-10-14(21)8-9-15(13)22-17/h2,4,6,8-11,22,25H,3,5,7H2,1H3,(H,23,26). The predicted octanol–water partition coefficient (Wildman–Crippen LogP) is 3.76. The number of anilines is 1. The Morgan fingerprint density at radius 1 is 1.22 bits per heavy atom. The number of ether oxygens (including phenoxy) is 1. The second kappa shape index (κ2) is 7.90. The number of esters is 1. The van der Waals surface area contributed by atoms with Crippen LogP contribution in [0.1, 0.15) is 28.9 Å². The van der Waals surface area contributed by atoms with Crippen LogP contribution >= 0.6 is 0 Å². The number of phenolic OH excluding ortho intramolecular Hbond substituents is 1. The Labute approximate surface area is 155 Å². The molecule has 3 aromatic rings. The molecule has 0 radical (unpaired) electrons. The maximum atomic E-state index is 13.3. The SMILES string of the molecule is COC(=O)CCCc1cccc(NC(=O)c2cc3cc(F)ccc3[nH]2)c1O. The minimum Gasteiger partial charge on any atom is -0.505 e. The number of aromatic amines is 1. The van der Waals surface area contributed by atoms with E-state index in [1.165, 1.54) is 19.2 Å². The summed E-state index contributed by atoms with van der Waals surface area (Å²) < 4.78 is 17.9. The van der Waals surface area contributed by atoms with Gasteiger partial charge in [0.05, 0.1) is 12.8 Å². The average molecular weight is 370 g/mol. The van der Waals surface area contributed by atoms with Gasteiger partial charge in [-0.2, -0.15) is 0 Å². The smallest absolute Gasteiger partial charge is 0.305 e. The van der Waals surface area contributed by atoms with Gasteiger partial charge in [-0.05, 0) is 48.7 Å². The van der Waals surface area contributed by atoms with Crippen LogP contribution in [0.15, 0.2) is 42.5 Å². The Bertz CT molecular complexity index is 997. The highest BCUT2D eigenvalue weighted by Gasteiger charge is 2.14. The van der Waals surface area contributed by atoms with E-state index in [0.717, 1.165) is 0 Å². The molecule has 6 nitrogen and oxygen atoms in total. The molecule has 0 saturated heterocycles. The molecule has 0 aliphatic rings. The number of H-pyrrole nitrogens is 1. The Kier molecular flexibility index (Phi) is 5.40. The molecule has 3 rings (SSSR count). The molecular formula is C20H19FN2O4. The Morgan fingerprint density at radius 2 is 2.04 bits per heavy atom. The number of aromatic nitrogens is 1. The maximum absolute atomic E-state index is 13.3. The van der Waals surface area contributed by atoms with Crippen molar-refractivity contribution >= 4 is 28.5 Å². The van der Waals surface area contributed by atoms with Crippen molar-refractivity contribution in [1.29, 1.82) is 0 Å². The van der Waals surface area contributed by atoms with Gasteiger partial charge in [-0.3, -0.25) is 9.59 Å². The maximum Gasteiger partial charge on any atom is 0.305 e. The number of para-hydroxylation sites is 1. The van der Waals surface area contributed by atoms with Gasteiger partial charge in [-0.1, -0.05) is 12.1 Å². The summed E-state index contributed by atoms with van der Waals surface area (Å²) in [7, 11) is 1.33. The third kappa shape index (κ3) is 4.25. The number of methoxy groups -OCH3 is 1. The van der Waals surface area contributed by atoms with E-state index in [-0.39, 0.29) is 35.3 Å². The average Bonchev–Trinajstić information content (AvgIpc) is 3.07. The number of carbonyl (C=O) groups excluding carboxylic acids is 2. The third-order valence-electron chi connectivity index (χ3n) is 4.25. The van der Waals surface area contributed by atoms with E-state index in [9.17, 15) is 19.1 Å². The van der Waals surface area contributed by atoms with E-state index in [2.05, 4.69) is 15.0 Å². The van der Waals surface area contributed by atoms with Crippen molar-refractivity contribution < 1.29 is 23.8 Å². The molecule has 0 spiro atoms. The Hall–Kier alpha value is -3.35. The second-order valence-electron chi connectivity index (χ2n) is 6.11. The van der Waals surface area contributed by atoms with Crippen LogP contribution in [-0.2, 0) is 16.0 Å². The fourth-order valence-electron chi connectivity index (χ4n) is 2.83. The zero-order valence-electron chi connectivity index (χ0n) is 14.7. The predicted molar refractivity (Wildman–Crippen MR) is 99.3 cm³/mol. The lowest BCUT2D eigenvalue weighted by molar-refractivity contribution is -0.140. The van der Waals surface area contributed by atoms with Crippen molar-refractivity contribution in [3.05, 3.63) is 59.5 Å². The first kappa shape index (κ1) is 18.4. The van der Waals surface area contributed by atoms with Crippen LogP contribution in [-0.4, -0.2) is 29.1 Å². The van der Waals surface area contributed by atoms with E-state index in [4.69, 9.17) is 0 Å². The van der Waals surface area contributed by atoms with Crippen molar-refractivity contribution in [2.45, 2.75) is 19.3 Å². The monoisotopic (exact) mass is 370 g/mol. The summed E-state index contributed by atoms with van der Waals surface area (Å²) in [5.74, 6) is -1.19. The van der Waals surface area contributed by atoms with E-state index in [1.54, 1.807) is 30.3 Å². The number of hydrogen-bond acceptors (Lipinski definition) is 4. The number of nitrogens with one attached hydrogen (secondary N) is 2. The first-order chi connectivity index (χ1) is 13.0. The van der Waals surface area contributed by atoms with Crippen LogP contribution in [0.3, 0.4) is 0 Å². The zero-order valence-corrected chi connectivity index (χ0v) is 14.7. The molecule has 1 heterocycles. The van der Waals surface area contributed by atoms with Crippen LogP contribution in [0, 0.1) is 5.82 Å². The summed E-state index contributed by atoms with van der Waals surface area (Å²) in [6.45, 7) is 0. The molecule has 140 valence electrons. The van der Waals surface area contributed by atoms with Crippen LogP contribution in [0.5, 0.6) is 5.75 Å². The number of amides is 1. The summed E-state index contributed by atoms with van der Waals surface area (Å²) >= 11 is 0. The summed E-state index contributed by atoms with van der Waals surface area (Å²) in [5, 5.41) is 13.6. The van der Waals surface area contributed by atoms with Crippen molar-refractivity contribution in [1.82, 2.24) is 4.98 Å². The number of benzene rings is 2. The highest BCUT2D eigenvalue weighted by Crippen LogP contribution is 2.29. The quantitative estimate of drug-likeness (QED) is 0.455. The van der Waals surface area contributed by atoms with E-state index in [0.29, 0.717) is 29.3 Å². The van der Waals surface area contributed by atoms with Gasteiger partial charge in [0.2, 0.25) is 0 Å². The normalized spacial score (nSPS) is 10.7. The first-order valence-electron chi connectivity index (χ1n) is 8.45. The molecule has 1 amide bonds. The summed E-state index contributed by atoms with van der Waals surface area (Å²) in [6.07, 6.45) is 1.24. The van der Waals surface area contributed by atoms with E-state index < -0.39 is 5.91 Å². The van der Waals surface area contributed by atoms with Gasteiger partial charge < -0.3 is 20.1 Å². The fraction of sp³-hybridized carbons (Fsp3) is 0.200. The van der Waals surface area contributed by atoms with Crippen LogP contribution in [0.4, 0.5) is 10.1 Å². The van der Waals surface area contributed by atoms with Crippen molar-refractivity contribution in [2.24, 2.45) is 0 Å². The van der Waals surface area contributed by atoms with Gasteiger partial charge in [-0.25, -0.2) is 4.39 Å². The molecule has 0 atom stereocenters. The largest absolute Gasteiger partial charge is 0.505 e. The summed E-state index contributed by atoms with van der Waals surface area (Å²) in [5.41, 5.74) is 1.78. The molecule has 1 aromatic heterocycles. The number of hydrogen-bond donors (Lipinski definition) is 3. The van der Waals surface area contributed by atoms with Gasteiger partial charge in [0.1, 0.15) is 17.3 Å². The molecule has 27 heavy (non-hydrogen) atoms. The molecule has 0 saturated carbocycles. The highest BCUT2D eigenvalue weighted by molar-refractivity contribution is 6.06. The molecule has 0 unspecified atom stereocenters. The molecule has 3 N–H and O–H groups in total. The topological polar surface area (TPSA) is 91.4 Å². The lowest BCUT2D eigenvalue weighted by Crippen LogP contribution is -2.12. The Morgan fingerprint density at radius 3 is 2.81 bits per heavy atom. The number of aryl methyl sites for hydroxylation is 1. The third-order valence-corrected chi connectivity index (χ3v) is 4.25. The van der Waals surface area contributed by atoms with Crippen LogP contribution < -0.4 is 5.32 Å². The minimum absolute atomic E-state index is 0.0436. The van der Waals surface area contributed by atoms with Gasteiger partial charge in [-0.15, -0.1) is 0 Å². The zero-order chi connectivity index (χ0) is 19.4. The molecule has 0 aliphatic heterocycles. The van der Waals surface area contributed by atoms with Crippen molar-refractivity contribution in [3.8, 4) is 5.75 Å². The van der Waals surface area contributed by atoms with Crippen LogP contribution in [0.2, 0.25) is 0 Å². The van der Waals surface area contributed by atoms with Gasteiger partial charge in [0.25, 0.3) is 5.91 Å². The number of rotatable bonds is 6. The minimum atomic E-state index is -0.450. The van der Waals surface area contributed by atoms with Gasteiger partial charge >= 0.3 is 5.97 Å². The molecule has 0 aliphatic carbocycles. The number of phenols is 1. The molecule has 2 aromatic carbocycles. The van der Waals surface area contributed by atoms with Gasteiger partial charge in [0, 0.05) is 17.3 Å². The van der Waals surface area contributed by atoms with E-state index in [1.807, 2.05) is 0 Å². The lowest BCUT2D eigenvalue weighted by atomic mass is 10.1. The summed E-state index contributed by atoms with van der Waals surface area (Å²) in [4.78, 5) is 26.6. The van der Waals surface area contributed by atoms with Gasteiger partial charge in [0.15, 0.2) is 0 Å². The number of aromatic hydroxyl groups is 1. The first-order valence-corrected chi connectivity index (χ1v) is 8.45. The fourth-order valence-corrected chi connectivity index (χ4v) is 2.83.